The molecule has 1 heterocycles. The Morgan fingerprint density at radius 3 is 2.05 bits per heavy atom. The van der Waals surface area contributed by atoms with E-state index in [9.17, 15) is 8.78 Å². The van der Waals surface area contributed by atoms with Crippen molar-refractivity contribution in [2.24, 2.45) is 0 Å². The van der Waals surface area contributed by atoms with E-state index < -0.39 is 17.4 Å². The van der Waals surface area contributed by atoms with Gasteiger partial charge in [-0.2, -0.15) is 0 Å². The molecule has 0 unspecified atom stereocenters. The van der Waals surface area contributed by atoms with E-state index in [1.807, 2.05) is 12.1 Å². The van der Waals surface area contributed by atoms with Crippen molar-refractivity contribution < 1.29 is 13.9 Å². The number of aromatic hydroxyl groups is 1. The summed E-state index contributed by atoms with van der Waals surface area (Å²) < 4.78 is 26.8. The number of hydrogen-bond donors (Lipinski definition) is 2. The summed E-state index contributed by atoms with van der Waals surface area (Å²) in [6.07, 6.45) is 3.21. The van der Waals surface area contributed by atoms with E-state index in [1.165, 1.54) is 0 Å². The van der Waals surface area contributed by atoms with Crippen molar-refractivity contribution in [2.75, 3.05) is 5.73 Å². The Balaban J connectivity index is 2.00. The highest BCUT2D eigenvalue weighted by molar-refractivity contribution is 5.77. The third-order valence-corrected chi connectivity index (χ3v) is 3.40. The summed E-state index contributed by atoms with van der Waals surface area (Å²) in [5, 5.41) is 9.13. The molecule has 0 saturated carbocycles. The minimum atomic E-state index is -0.988. The van der Waals surface area contributed by atoms with Gasteiger partial charge in [0.05, 0.1) is 11.9 Å². The largest absolute Gasteiger partial charge is 0.503 e. The van der Waals surface area contributed by atoms with Crippen LogP contribution in [0, 0.1) is 11.6 Å². The standard InChI is InChI=1S/C17H12F2N2O/c18-14-7-12(8-15(19)17(14)22)10-1-3-11(4-2-10)13-5-6-21-9-16(13)20/h1-9,22H,20H2. The molecular formula is C17H12F2N2O. The summed E-state index contributed by atoms with van der Waals surface area (Å²) in [5.74, 6) is -2.94. The van der Waals surface area contributed by atoms with Crippen LogP contribution in [0.1, 0.15) is 0 Å². The van der Waals surface area contributed by atoms with Crippen LogP contribution in [0.5, 0.6) is 5.75 Å². The van der Waals surface area contributed by atoms with Gasteiger partial charge >= 0.3 is 0 Å². The predicted molar refractivity (Wildman–Crippen MR) is 81.1 cm³/mol. The summed E-state index contributed by atoms with van der Waals surface area (Å²) in [4.78, 5) is 3.93. The molecule has 0 radical (unpaired) electrons. The molecule has 0 bridgehead atoms. The zero-order chi connectivity index (χ0) is 15.7. The predicted octanol–water partition coefficient (Wildman–Crippen LogP) is 3.98. The minimum Gasteiger partial charge on any atom is -0.503 e. The Kier molecular flexibility index (Phi) is 3.47. The van der Waals surface area contributed by atoms with Gasteiger partial charge in [0.2, 0.25) is 0 Å². The topological polar surface area (TPSA) is 59.1 Å². The summed E-state index contributed by atoms with van der Waals surface area (Å²) >= 11 is 0. The van der Waals surface area contributed by atoms with Crippen molar-refractivity contribution in [1.29, 1.82) is 0 Å². The lowest BCUT2D eigenvalue weighted by molar-refractivity contribution is 0.396. The average molecular weight is 298 g/mol. The molecule has 0 saturated heterocycles. The number of pyridine rings is 1. The van der Waals surface area contributed by atoms with E-state index in [-0.39, 0.29) is 0 Å². The number of rotatable bonds is 2. The van der Waals surface area contributed by atoms with Gasteiger partial charge < -0.3 is 10.8 Å². The first-order valence-electron chi connectivity index (χ1n) is 6.54. The van der Waals surface area contributed by atoms with Crippen LogP contribution in [-0.4, -0.2) is 10.1 Å². The van der Waals surface area contributed by atoms with E-state index in [4.69, 9.17) is 10.8 Å². The lowest BCUT2D eigenvalue weighted by Crippen LogP contribution is -1.91. The van der Waals surface area contributed by atoms with Crippen molar-refractivity contribution in [3.63, 3.8) is 0 Å². The number of aromatic nitrogens is 1. The van der Waals surface area contributed by atoms with Gasteiger partial charge in [0, 0.05) is 11.8 Å². The fraction of sp³-hybridized carbons (Fsp3) is 0. The summed E-state index contributed by atoms with van der Waals surface area (Å²) in [6.45, 7) is 0. The summed E-state index contributed by atoms with van der Waals surface area (Å²) in [6, 6.07) is 11.1. The van der Waals surface area contributed by atoms with Gasteiger partial charge in [0.15, 0.2) is 17.4 Å². The van der Waals surface area contributed by atoms with Crippen LogP contribution < -0.4 is 5.73 Å². The second kappa shape index (κ2) is 5.44. The summed E-state index contributed by atoms with van der Waals surface area (Å²) in [7, 11) is 0. The van der Waals surface area contributed by atoms with Crippen molar-refractivity contribution >= 4 is 5.69 Å². The lowest BCUT2D eigenvalue weighted by Gasteiger charge is -2.08. The maximum Gasteiger partial charge on any atom is 0.187 e. The van der Waals surface area contributed by atoms with Gasteiger partial charge in [-0.25, -0.2) is 8.78 Å². The highest BCUT2D eigenvalue weighted by Crippen LogP contribution is 2.30. The van der Waals surface area contributed by atoms with Crippen LogP contribution >= 0.6 is 0 Å². The number of benzene rings is 2. The van der Waals surface area contributed by atoms with Crippen LogP contribution in [-0.2, 0) is 0 Å². The first-order chi connectivity index (χ1) is 10.6. The molecule has 3 rings (SSSR count). The SMILES string of the molecule is Nc1cnccc1-c1ccc(-c2cc(F)c(O)c(F)c2)cc1. The van der Waals surface area contributed by atoms with E-state index in [1.54, 1.807) is 30.6 Å². The normalized spacial score (nSPS) is 10.6. The Hall–Kier alpha value is -2.95. The zero-order valence-electron chi connectivity index (χ0n) is 11.4. The smallest absolute Gasteiger partial charge is 0.187 e. The molecule has 0 spiro atoms. The molecule has 3 aromatic rings. The van der Waals surface area contributed by atoms with Gasteiger partial charge in [0.1, 0.15) is 0 Å². The monoisotopic (exact) mass is 298 g/mol. The Morgan fingerprint density at radius 1 is 0.864 bits per heavy atom. The summed E-state index contributed by atoms with van der Waals surface area (Å²) in [5.41, 5.74) is 9.12. The first kappa shape index (κ1) is 14.0. The van der Waals surface area contributed by atoms with E-state index >= 15 is 0 Å². The highest BCUT2D eigenvalue weighted by Gasteiger charge is 2.11. The van der Waals surface area contributed by atoms with Crippen LogP contribution in [0.4, 0.5) is 14.5 Å². The first-order valence-corrected chi connectivity index (χ1v) is 6.54. The number of phenols is 1. The molecule has 1 aromatic heterocycles. The van der Waals surface area contributed by atoms with E-state index in [0.717, 1.165) is 23.3 Å². The van der Waals surface area contributed by atoms with E-state index in [2.05, 4.69) is 4.98 Å². The van der Waals surface area contributed by atoms with Crippen LogP contribution in [0.15, 0.2) is 54.9 Å². The molecule has 110 valence electrons. The van der Waals surface area contributed by atoms with Gasteiger partial charge in [-0.3, -0.25) is 4.98 Å². The van der Waals surface area contributed by atoms with Crippen molar-refractivity contribution in [3.05, 3.63) is 66.5 Å². The average Bonchev–Trinajstić information content (AvgIpc) is 2.53. The molecule has 0 fully saturated rings. The number of anilines is 1. The lowest BCUT2D eigenvalue weighted by atomic mass is 10.00. The fourth-order valence-electron chi connectivity index (χ4n) is 2.24. The zero-order valence-corrected chi connectivity index (χ0v) is 11.4. The van der Waals surface area contributed by atoms with Gasteiger partial charge in [-0.15, -0.1) is 0 Å². The van der Waals surface area contributed by atoms with E-state index in [0.29, 0.717) is 16.8 Å². The molecule has 0 aliphatic heterocycles. The number of halogens is 2. The molecule has 0 amide bonds. The highest BCUT2D eigenvalue weighted by atomic mass is 19.1. The third kappa shape index (κ3) is 2.48. The molecular weight excluding hydrogens is 286 g/mol. The molecule has 2 aromatic carbocycles. The third-order valence-electron chi connectivity index (χ3n) is 3.40. The number of nitrogens with zero attached hydrogens (tertiary/aromatic N) is 1. The Morgan fingerprint density at radius 2 is 1.45 bits per heavy atom. The quantitative estimate of drug-likeness (QED) is 0.752. The van der Waals surface area contributed by atoms with Gasteiger partial charge in [0.25, 0.3) is 0 Å². The second-order valence-corrected chi connectivity index (χ2v) is 4.83. The van der Waals surface area contributed by atoms with Crippen molar-refractivity contribution in [3.8, 4) is 28.0 Å². The Labute approximate surface area is 125 Å². The fourth-order valence-corrected chi connectivity index (χ4v) is 2.24. The molecule has 3 nitrogen and oxygen atoms in total. The minimum absolute atomic E-state index is 0.349. The van der Waals surface area contributed by atoms with Crippen LogP contribution in [0.25, 0.3) is 22.3 Å². The second-order valence-electron chi connectivity index (χ2n) is 4.83. The molecule has 0 aliphatic carbocycles. The molecule has 0 atom stereocenters. The number of nitrogens with two attached hydrogens (primary N) is 1. The molecule has 0 aliphatic rings. The maximum atomic E-state index is 13.4. The van der Waals surface area contributed by atoms with Crippen LogP contribution in [0.2, 0.25) is 0 Å². The van der Waals surface area contributed by atoms with Gasteiger partial charge in [-0.1, -0.05) is 24.3 Å². The number of phenolic OH excluding ortho intramolecular Hbond substituents is 1. The van der Waals surface area contributed by atoms with Crippen molar-refractivity contribution in [2.45, 2.75) is 0 Å². The number of hydrogen-bond acceptors (Lipinski definition) is 3. The van der Waals surface area contributed by atoms with Crippen molar-refractivity contribution in [1.82, 2.24) is 4.98 Å². The van der Waals surface area contributed by atoms with Crippen LogP contribution in [0.3, 0.4) is 0 Å². The molecule has 5 heteroatoms. The maximum absolute atomic E-state index is 13.4. The number of nitrogen functional groups attached to an aromatic ring is 1. The van der Waals surface area contributed by atoms with Gasteiger partial charge in [-0.05, 0) is 34.9 Å². The molecule has 22 heavy (non-hydrogen) atoms. The Bertz CT molecular complexity index is 809. The molecule has 3 N–H and O–H groups in total.